The van der Waals surface area contributed by atoms with Gasteiger partial charge in [0.1, 0.15) is 0 Å². The molecule has 2 atom stereocenters. The summed E-state index contributed by atoms with van der Waals surface area (Å²) in [5, 5.41) is 10.6. The third-order valence-corrected chi connectivity index (χ3v) is 4.95. The zero-order valence-corrected chi connectivity index (χ0v) is 13.6. The zero-order chi connectivity index (χ0) is 17.4. The first-order valence-corrected chi connectivity index (χ1v) is 8.27. The number of fused-ring (bicyclic) bond motifs is 1. The van der Waals surface area contributed by atoms with Crippen LogP contribution < -0.4 is 0 Å². The number of carbonyl (C=O) groups is 2. The van der Waals surface area contributed by atoms with Crippen molar-refractivity contribution in [3.8, 4) is 0 Å². The Bertz CT molecular complexity index is 932. The first-order valence-electron chi connectivity index (χ1n) is 8.27. The predicted octanol–water partition coefficient (Wildman–Crippen LogP) is 3.11. The fraction of sp³-hybridized carbons (Fsp3) is 0.200. The number of aromatic amines is 1. The molecular formula is C20H18N2O3. The fourth-order valence-electron chi connectivity index (χ4n) is 3.62. The second kappa shape index (κ2) is 6.09. The van der Waals surface area contributed by atoms with Gasteiger partial charge in [0.15, 0.2) is 0 Å². The fourth-order valence-corrected chi connectivity index (χ4v) is 3.62. The second-order valence-electron chi connectivity index (χ2n) is 6.45. The highest BCUT2D eigenvalue weighted by molar-refractivity contribution is 5.98. The lowest BCUT2D eigenvalue weighted by Gasteiger charge is -2.16. The van der Waals surface area contributed by atoms with Gasteiger partial charge in [0.25, 0.3) is 5.91 Å². The molecule has 126 valence electrons. The highest BCUT2D eigenvalue weighted by atomic mass is 16.4. The molecule has 0 unspecified atom stereocenters. The maximum absolute atomic E-state index is 12.9. The Morgan fingerprint density at radius 3 is 2.60 bits per heavy atom. The number of hydrogen-bond donors (Lipinski definition) is 2. The van der Waals surface area contributed by atoms with Crippen molar-refractivity contribution in [1.29, 1.82) is 0 Å². The van der Waals surface area contributed by atoms with E-state index in [4.69, 9.17) is 0 Å². The minimum Gasteiger partial charge on any atom is -0.481 e. The van der Waals surface area contributed by atoms with Crippen molar-refractivity contribution in [3.63, 3.8) is 0 Å². The Labute approximate surface area is 144 Å². The molecule has 1 aliphatic rings. The quantitative estimate of drug-likeness (QED) is 0.773. The number of carbonyl (C=O) groups excluding carboxylic acids is 1. The van der Waals surface area contributed by atoms with Crippen molar-refractivity contribution in [2.75, 3.05) is 13.1 Å². The molecule has 5 nitrogen and oxygen atoms in total. The summed E-state index contributed by atoms with van der Waals surface area (Å²) in [6.07, 6.45) is 1.83. The Hall–Kier alpha value is -3.08. The largest absolute Gasteiger partial charge is 0.481 e. The Kier molecular flexibility index (Phi) is 3.76. The van der Waals surface area contributed by atoms with Crippen molar-refractivity contribution >= 4 is 22.8 Å². The molecule has 0 radical (unpaired) electrons. The topological polar surface area (TPSA) is 73.4 Å². The summed E-state index contributed by atoms with van der Waals surface area (Å²) in [6.45, 7) is 0.652. The number of nitrogens with zero attached hydrogens (tertiary/aromatic N) is 1. The third kappa shape index (κ3) is 2.78. The van der Waals surface area contributed by atoms with Crippen LogP contribution in [-0.4, -0.2) is 40.0 Å². The molecule has 0 aliphatic carbocycles. The van der Waals surface area contributed by atoms with Gasteiger partial charge < -0.3 is 15.0 Å². The lowest BCUT2D eigenvalue weighted by atomic mass is 9.89. The van der Waals surface area contributed by atoms with Crippen LogP contribution in [0.4, 0.5) is 0 Å². The first kappa shape index (κ1) is 15.4. The number of benzene rings is 2. The van der Waals surface area contributed by atoms with Gasteiger partial charge in [-0.2, -0.15) is 0 Å². The van der Waals surface area contributed by atoms with E-state index in [0.717, 1.165) is 16.5 Å². The van der Waals surface area contributed by atoms with E-state index in [-0.39, 0.29) is 18.4 Å². The minimum absolute atomic E-state index is 0.124. The van der Waals surface area contributed by atoms with Crippen LogP contribution in [0.3, 0.4) is 0 Å². The molecule has 1 aliphatic heterocycles. The lowest BCUT2D eigenvalue weighted by Crippen LogP contribution is -2.29. The van der Waals surface area contributed by atoms with E-state index in [2.05, 4.69) is 4.98 Å². The summed E-state index contributed by atoms with van der Waals surface area (Å²) in [6, 6.07) is 17.0. The van der Waals surface area contributed by atoms with Crippen LogP contribution in [-0.2, 0) is 4.79 Å². The van der Waals surface area contributed by atoms with Crippen molar-refractivity contribution in [3.05, 3.63) is 71.9 Å². The van der Waals surface area contributed by atoms with Gasteiger partial charge in [-0.3, -0.25) is 9.59 Å². The van der Waals surface area contributed by atoms with Crippen LogP contribution in [0, 0.1) is 5.92 Å². The zero-order valence-electron chi connectivity index (χ0n) is 13.6. The van der Waals surface area contributed by atoms with Gasteiger partial charge in [-0.1, -0.05) is 36.4 Å². The van der Waals surface area contributed by atoms with Gasteiger partial charge in [0, 0.05) is 36.3 Å². The monoisotopic (exact) mass is 334 g/mol. The van der Waals surface area contributed by atoms with Gasteiger partial charge in [0.05, 0.1) is 5.92 Å². The Morgan fingerprint density at radius 1 is 1.04 bits per heavy atom. The van der Waals surface area contributed by atoms with Crippen LogP contribution in [0.15, 0.2) is 60.8 Å². The normalized spacial score (nSPS) is 20.1. The molecule has 1 fully saturated rings. The van der Waals surface area contributed by atoms with Gasteiger partial charge in [0.2, 0.25) is 0 Å². The second-order valence-corrected chi connectivity index (χ2v) is 6.45. The number of aromatic nitrogens is 1. The number of rotatable bonds is 3. The molecule has 4 rings (SSSR count). The number of amides is 1. The summed E-state index contributed by atoms with van der Waals surface area (Å²) in [5.74, 6) is -1.75. The van der Waals surface area contributed by atoms with Crippen LogP contribution in [0.5, 0.6) is 0 Å². The van der Waals surface area contributed by atoms with Crippen molar-refractivity contribution in [2.24, 2.45) is 5.92 Å². The van der Waals surface area contributed by atoms with E-state index in [9.17, 15) is 14.7 Å². The van der Waals surface area contributed by atoms with E-state index >= 15 is 0 Å². The molecule has 0 bridgehead atoms. The lowest BCUT2D eigenvalue weighted by molar-refractivity contribution is -0.141. The highest BCUT2D eigenvalue weighted by Gasteiger charge is 2.40. The van der Waals surface area contributed by atoms with Gasteiger partial charge in [-0.25, -0.2) is 0 Å². The number of aliphatic carboxylic acids is 1. The minimum atomic E-state index is -0.857. The van der Waals surface area contributed by atoms with Gasteiger partial charge >= 0.3 is 5.97 Å². The average Bonchev–Trinajstić information content (AvgIpc) is 3.28. The summed E-state index contributed by atoms with van der Waals surface area (Å²) in [4.78, 5) is 29.3. The van der Waals surface area contributed by atoms with Crippen molar-refractivity contribution in [1.82, 2.24) is 9.88 Å². The van der Waals surface area contributed by atoms with E-state index < -0.39 is 11.9 Å². The van der Waals surface area contributed by atoms with Gasteiger partial charge in [-0.05, 0) is 29.1 Å². The molecule has 1 amide bonds. The molecule has 2 heterocycles. The molecule has 2 N–H and O–H groups in total. The number of likely N-dealkylation sites (tertiary alicyclic amines) is 1. The third-order valence-electron chi connectivity index (χ3n) is 4.95. The number of nitrogens with one attached hydrogen (secondary N) is 1. The number of carboxylic acids is 1. The molecule has 0 saturated carbocycles. The van der Waals surface area contributed by atoms with E-state index in [0.29, 0.717) is 12.1 Å². The summed E-state index contributed by atoms with van der Waals surface area (Å²) < 4.78 is 0. The van der Waals surface area contributed by atoms with Crippen molar-refractivity contribution < 1.29 is 14.7 Å². The van der Waals surface area contributed by atoms with Crippen molar-refractivity contribution in [2.45, 2.75) is 5.92 Å². The van der Waals surface area contributed by atoms with E-state index in [1.165, 1.54) is 0 Å². The molecule has 2 aromatic carbocycles. The van der Waals surface area contributed by atoms with Crippen LogP contribution in [0.2, 0.25) is 0 Å². The molecular weight excluding hydrogens is 316 g/mol. The molecule has 0 spiro atoms. The molecule has 3 aromatic rings. The van der Waals surface area contributed by atoms with E-state index in [1.807, 2.05) is 54.7 Å². The molecule has 25 heavy (non-hydrogen) atoms. The first-order chi connectivity index (χ1) is 12.1. The van der Waals surface area contributed by atoms with Crippen LogP contribution in [0.1, 0.15) is 21.8 Å². The summed E-state index contributed by atoms with van der Waals surface area (Å²) in [7, 11) is 0. The Balaban J connectivity index is 1.62. The summed E-state index contributed by atoms with van der Waals surface area (Å²) in [5.41, 5.74) is 2.44. The molecule has 5 heteroatoms. The molecule has 1 aromatic heterocycles. The smallest absolute Gasteiger partial charge is 0.308 e. The summed E-state index contributed by atoms with van der Waals surface area (Å²) >= 11 is 0. The number of H-pyrrole nitrogens is 1. The maximum atomic E-state index is 12.9. The predicted molar refractivity (Wildman–Crippen MR) is 94.5 cm³/mol. The highest BCUT2D eigenvalue weighted by Crippen LogP contribution is 2.33. The SMILES string of the molecule is O=C(O)[C@@H]1CN(C(=O)c2ccc3cc[nH]c3c2)C[C@H]1c1ccccc1. The maximum Gasteiger partial charge on any atom is 0.308 e. The van der Waals surface area contributed by atoms with Crippen LogP contribution >= 0.6 is 0 Å². The Morgan fingerprint density at radius 2 is 1.84 bits per heavy atom. The number of hydrogen-bond acceptors (Lipinski definition) is 2. The standard InChI is InChI=1S/C20H18N2O3/c23-19(15-7-6-14-8-9-21-18(14)10-15)22-11-16(17(12-22)20(24)25)13-4-2-1-3-5-13/h1-10,16-17,21H,11-12H2,(H,24,25)/t16-,17+/m0/s1. The van der Waals surface area contributed by atoms with E-state index in [1.54, 1.807) is 11.0 Å². The average molecular weight is 334 g/mol. The molecule has 1 saturated heterocycles. The van der Waals surface area contributed by atoms with Crippen LogP contribution in [0.25, 0.3) is 10.9 Å². The number of carboxylic acid groups (broad SMARTS) is 1. The van der Waals surface area contributed by atoms with Gasteiger partial charge in [-0.15, -0.1) is 0 Å².